The van der Waals surface area contributed by atoms with E-state index in [9.17, 15) is 41.8 Å². The van der Waals surface area contributed by atoms with Crippen molar-refractivity contribution in [3.8, 4) is 11.1 Å². The molecule has 2 aliphatic heterocycles. The van der Waals surface area contributed by atoms with E-state index in [0.29, 0.717) is 36.0 Å². The van der Waals surface area contributed by atoms with E-state index in [4.69, 9.17) is 0 Å². The third-order valence-corrected chi connectivity index (χ3v) is 10.0. The van der Waals surface area contributed by atoms with Gasteiger partial charge in [-0.2, -0.15) is 13.2 Å². The van der Waals surface area contributed by atoms with Gasteiger partial charge in [0.1, 0.15) is 11.3 Å². The molecule has 2 spiro atoms. The van der Waals surface area contributed by atoms with Crippen LogP contribution in [0.3, 0.4) is 0 Å². The highest BCUT2D eigenvalue weighted by Crippen LogP contribution is 2.58. The van der Waals surface area contributed by atoms with Gasteiger partial charge in [0.2, 0.25) is 5.91 Å². The lowest BCUT2D eigenvalue weighted by Crippen LogP contribution is -2.66. The second-order valence-electron chi connectivity index (χ2n) is 12.4. The third-order valence-electron chi connectivity index (χ3n) is 10.0. The predicted octanol–water partition coefficient (Wildman–Crippen LogP) is 5.79. The lowest BCUT2D eigenvalue weighted by atomic mass is 9.55. The van der Waals surface area contributed by atoms with Crippen molar-refractivity contribution in [3.63, 3.8) is 0 Å². The molecule has 6 rings (SSSR count). The van der Waals surface area contributed by atoms with E-state index in [1.807, 2.05) is 0 Å². The summed E-state index contributed by atoms with van der Waals surface area (Å²) in [4.78, 5) is 26.0. The second-order valence-corrected chi connectivity index (χ2v) is 12.4. The number of carbonyl (C=O) groups excluding carboxylic acids is 2. The third kappa shape index (κ3) is 4.54. The van der Waals surface area contributed by atoms with E-state index < -0.39 is 70.8 Å². The first-order valence-electron chi connectivity index (χ1n) is 14.3. The maximum absolute atomic E-state index is 14.3. The number of benzene rings is 2. The van der Waals surface area contributed by atoms with Crippen molar-refractivity contribution in [3.05, 3.63) is 77.1 Å². The van der Waals surface area contributed by atoms with Gasteiger partial charge in [-0.25, -0.2) is 8.78 Å². The number of halogens is 5. The van der Waals surface area contributed by atoms with E-state index in [2.05, 4.69) is 10.6 Å². The number of hydrogen-bond acceptors (Lipinski definition) is 4. The van der Waals surface area contributed by atoms with Crippen LogP contribution in [0.15, 0.2) is 54.3 Å². The predicted molar refractivity (Wildman–Crippen MR) is 147 cm³/mol. The van der Waals surface area contributed by atoms with E-state index in [1.54, 1.807) is 31.2 Å². The van der Waals surface area contributed by atoms with Gasteiger partial charge in [0.25, 0.3) is 5.91 Å². The van der Waals surface area contributed by atoms with Crippen LogP contribution in [0.4, 0.5) is 22.0 Å². The number of nitrogens with one attached hydrogen (secondary N) is 2. The first-order valence-corrected chi connectivity index (χ1v) is 14.3. The Labute approximate surface area is 244 Å². The zero-order chi connectivity index (χ0) is 30.9. The van der Waals surface area contributed by atoms with Gasteiger partial charge in [0.05, 0.1) is 11.1 Å². The highest BCUT2D eigenvalue weighted by Gasteiger charge is 2.67. The maximum Gasteiger partial charge on any atom is 0.417 e. The fraction of sp³-hybridized carbons (Fsp3) is 0.438. The molecule has 2 aromatic carbocycles. The largest absolute Gasteiger partial charge is 0.509 e. The Morgan fingerprint density at radius 3 is 2.30 bits per heavy atom. The van der Waals surface area contributed by atoms with Crippen LogP contribution >= 0.6 is 0 Å². The Morgan fingerprint density at radius 1 is 0.907 bits per heavy atom. The molecule has 4 N–H and O–H groups in total. The molecule has 2 saturated carbocycles. The summed E-state index contributed by atoms with van der Waals surface area (Å²) in [5.41, 5.74) is -4.17. The molecule has 2 fully saturated rings. The number of aryl methyl sites for hydroxylation is 1. The van der Waals surface area contributed by atoms with Crippen molar-refractivity contribution in [1.82, 2.24) is 10.6 Å². The number of carbonyl (C=O) groups is 2. The van der Waals surface area contributed by atoms with Crippen molar-refractivity contribution in [1.29, 1.82) is 0 Å². The van der Waals surface area contributed by atoms with Crippen LogP contribution in [0.5, 0.6) is 0 Å². The Balaban J connectivity index is 1.49. The van der Waals surface area contributed by atoms with Crippen LogP contribution in [0.25, 0.3) is 16.7 Å². The normalized spacial score (nSPS) is 32.5. The van der Waals surface area contributed by atoms with Crippen molar-refractivity contribution in [2.45, 2.75) is 74.7 Å². The molecular weight excluding hydrogens is 571 g/mol. The summed E-state index contributed by atoms with van der Waals surface area (Å²) in [7, 11) is 0. The standard InChI is InChI=1S/C32H31F5N2O4/c1-17-5-6-18(19-7-8-23(33)24(34)15-19)14-20(17)26-27(41)31(39-28(26)42)13-12-30(43,32(35,36)37)16-22(31)21-4-2-3-10-29(21)11-9-25(40)38-29/h5-9,11,14-15,21-22,41,43H,2-4,10,12-13,16H2,1H3,(H,38,40)(H,39,42)/t21?,22?,29-,30?,31?/m1/s1. The van der Waals surface area contributed by atoms with E-state index >= 15 is 0 Å². The first-order chi connectivity index (χ1) is 20.2. The number of amides is 2. The van der Waals surface area contributed by atoms with Crippen molar-refractivity contribution in [2.24, 2.45) is 11.8 Å². The molecule has 4 aliphatic rings. The zero-order valence-electron chi connectivity index (χ0n) is 23.3. The smallest absolute Gasteiger partial charge is 0.417 e. The summed E-state index contributed by atoms with van der Waals surface area (Å²) in [6.45, 7) is 1.69. The molecule has 2 aliphatic carbocycles. The molecule has 2 amide bonds. The molecular formula is C32H31F5N2O4. The van der Waals surface area contributed by atoms with Gasteiger partial charge in [-0.05, 0) is 91.3 Å². The van der Waals surface area contributed by atoms with Gasteiger partial charge in [0, 0.05) is 6.08 Å². The van der Waals surface area contributed by atoms with Gasteiger partial charge >= 0.3 is 6.18 Å². The van der Waals surface area contributed by atoms with Crippen molar-refractivity contribution < 1.29 is 41.8 Å². The number of rotatable bonds is 3. The molecule has 0 bridgehead atoms. The SMILES string of the molecule is Cc1ccc(-c2ccc(F)c(F)c2)cc1C1=C(O)C2(CCC(O)(C(F)(F)F)CC2C2CCCC[C@@]23C=CC(=O)N3)NC1=O. The van der Waals surface area contributed by atoms with Crippen LogP contribution in [0.1, 0.15) is 56.1 Å². The second kappa shape index (κ2) is 9.90. The lowest BCUT2D eigenvalue weighted by molar-refractivity contribution is -0.282. The Kier molecular flexibility index (Phi) is 6.76. The molecule has 2 aromatic rings. The summed E-state index contributed by atoms with van der Waals surface area (Å²) in [6.07, 6.45) is -1.59. The van der Waals surface area contributed by atoms with E-state index in [-0.39, 0.29) is 23.5 Å². The van der Waals surface area contributed by atoms with Gasteiger partial charge in [-0.3, -0.25) is 9.59 Å². The summed E-state index contributed by atoms with van der Waals surface area (Å²) >= 11 is 0. The molecule has 228 valence electrons. The van der Waals surface area contributed by atoms with Gasteiger partial charge in [-0.1, -0.05) is 37.1 Å². The fourth-order valence-corrected chi connectivity index (χ4v) is 7.76. The highest BCUT2D eigenvalue weighted by atomic mass is 19.4. The zero-order valence-corrected chi connectivity index (χ0v) is 23.3. The van der Waals surface area contributed by atoms with Gasteiger partial charge in [-0.15, -0.1) is 0 Å². The molecule has 0 saturated heterocycles. The Bertz CT molecular complexity index is 1590. The minimum absolute atomic E-state index is 0.125. The molecule has 43 heavy (non-hydrogen) atoms. The van der Waals surface area contributed by atoms with Crippen molar-refractivity contribution >= 4 is 17.4 Å². The number of alkyl halides is 3. The summed E-state index contributed by atoms with van der Waals surface area (Å²) in [6, 6.07) is 8.22. The minimum atomic E-state index is -4.95. The first kappa shape index (κ1) is 29.3. The topological polar surface area (TPSA) is 98.7 Å². The van der Waals surface area contributed by atoms with Crippen LogP contribution in [-0.2, 0) is 9.59 Å². The van der Waals surface area contributed by atoms with Crippen LogP contribution < -0.4 is 10.6 Å². The number of aliphatic hydroxyl groups is 2. The van der Waals surface area contributed by atoms with Gasteiger partial charge < -0.3 is 20.8 Å². The monoisotopic (exact) mass is 602 g/mol. The molecule has 4 unspecified atom stereocenters. The van der Waals surface area contributed by atoms with Crippen LogP contribution in [0, 0.1) is 30.4 Å². The molecule has 0 aromatic heterocycles. The molecule has 0 radical (unpaired) electrons. The average Bonchev–Trinajstić information content (AvgIpc) is 3.43. The molecule has 11 heteroatoms. The summed E-state index contributed by atoms with van der Waals surface area (Å²) < 4.78 is 70.3. The van der Waals surface area contributed by atoms with Gasteiger partial charge in [0.15, 0.2) is 17.2 Å². The Morgan fingerprint density at radius 2 is 1.63 bits per heavy atom. The van der Waals surface area contributed by atoms with Crippen LogP contribution in [-0.4, -0.2) is 44.9 Å². The minimum Gasteiger partial charge on any atom is -0.509 e. The highest BCUT2D eigenvalue weighted by molar-refractivity contribution is 6.23. The van der Waals surface area contributed by atoms with E-state index in [1.165, 1.54) is 12.1 Å². The molecule has 5 atom stereocenters. The molecule has 2 heterocycles. The number of aliphatic hydroxyl groups excluding tert-OH is 1. The number of hydrogen-bond donors (Lipinski definition) is 4. The summed E-state index contributed by atoms with van der Waals surface area (Å²) in [5.74, 6) is -5.29. The van der Waals surface area contributed by atoms with E-state index in [0.717, 1.165) is 18.6 Å². The Hall–Kier alpha value is -3.73. The average molecular weight is 603 g/mol. The fourth-order valence-electron chi connectivity index (χ4n) is 7.76. The maximum atomic E-state index is 14.3. The lowest BCUT2D eigenvalue weighted by Gasteiger charge is -2.55. The summed E-state index contributed by atoms with van der Waals surface area (Å²) in [5, 5.41) is 28.6. The van der Waals surface area contributed by atoms with Crippen LogP contribution in [0.2, 0.25) is 0 Å². The molecule has 6 nitrogen and oxygen atoms in total. The quantitative estimate of drug-likeness (QED) is 0.335. The van der Waals surface area contributed by atoms with Crippen molar-refractivity contribution in [2.75, 3.05) is 0 Å².